The highest BCUT2D eigenvalue weighted by Gasteiger charge is 2.47. The number of hydrogen-bond donors (Lipinski definition) is 1. The van der Waals surface area contributed by atoms with Crippen LogP contribution in [0.2, 0.25) is 0 Å². The van der Waals surface area contributed by atoms with Crippen LogP contribution in [0.1, 0.15) is 95.7 Å². The monoisotopic (exact) mass is 734 g/mol. The summed E-state index contributed by atoms with van der Waals surface area (Å²) >= 11 is 0. The van der Waals surface area contributed by atoms with E-state index >= 15 is 0 Å². The number of nitrogens with zero attached hydrogens (tertiary/aromatic N) is 7. The second-order valence-electron chi connectivity index (χ2n) is 14.7. The Morgan fingerprint density at radius 1 is 1.09 bits per heavy atom. The molecule has 3 fully saturated rings. The predicted octanol–water partition coefficient (Wildman–Crippen LogP) is 5.58. The quantitative estimate of drug-likeness (QED) is 0.197. The number of hydrogen-bond acceptors (Lipinski definition) is 9. The minimum Gasteiger partial charge on any atom is -0.461 e. The van der Waals surface area contributed by atoms with Gasteiger partial charge in [-0.15, -0.1) is 5.92 Å². The van der Waals surface area contributed by atoms with Gasteiger partial charge in [-0.25, -0.2) is 4.39 Å². The number of nitrogen functional groups attached to an aromatic ring is 1. The molecule has 11 nitrogen and oxygen atoms in total. The van der Waals surface area contributed by atoms with Gasteiger partial charge < -0.3 is 25.0 Å². The molecule has 8 rings (SSSR count). The Hall–Kier alpha value is -4.68. The van der Waals surface area contributed by atoms with Gasteiger partial charge in [0.15, 0.2) is 5.69 Å². The van der Waals surface area contributed by atoms with Crippen LogP contribution in [0.4, 0.5) is 29.1 Å². The van der Waals surface area contributed by atoms with E-state index in [1.165, 1.54) is 19.1 Å². The number of carbonyl (C=O) groups is 1. The molecule has 2 N–H and O–H groups in total. The normalized spacial score (nSPS) is 23.7. The van der Waals surface area contributed by atoms with Crippen molar-refractivity contribution in [2.75, 3.05) is 50.0 Å². The molecule has 2 aromatic heterocycles. The maximum atomic E-state index is 14.6. The van der Waals surface area contributed by atoms with Crippen LogP contribution in [0.25, 0.3) is 0 Å². The number of ether oxygens (including phenoxy) is 2. The maximum absolute atomic E-state index is 14.6. The average Bonchev–Trinajstić information content (AvgIpc) is 3.92. The van der Waals surface area contributed by atoms with Crippen LogP contribution < -0.4 is 15.4 Å². The molecule has 1 amide bonds. The zero-order valence-electron chi connectivity index (χ0n) is 29.6. The summed E-state index contributed by atoms with van der Waals surface area (Å²) in [7, 11) is 0. The molecule has 0 spiro atoms. The lowest BCUT2D eigenvalue weighted by molar-refractivity contribution is -0.140. The number of likely N-dealkylation sites (tertiary alicyclic amines) is 1. The van der Waals surface area contributed by atoms with Gasteiger partial charge in [-0.05, 0) is 81.3 Å². The van der Waals surface area contributed by atoms with Crippen molar-refractivity contribution in [3.8, 4) is 17.9 Å². The van der Waals surface area contributed by atoms with E-state index in [-0.39, 0.29) is 53.9 Å². The molecule has 53 heavy (non-hydrogen) atoms. The van der Waals surface area contributed by atoms with Gasteiger partial charge in [0.2, 0.25) is 0 Å². The number of aromatic nitrogens is 4. The van der Waals surface area contributed by atoms with Crippen molar-refractivity contribution >= 4 is 17.4 Å². The second-order valence-corrected chi connectivity index (χ2v) is 14.7. The first kappa shape index (κ1) is 35.4. The number of halogens is 4. The van der Waals surface area contributed by atoms with Crippen molar-refractivity contribution < 1.29 is 31.8 Å². The molecule has 2 atom stereocenters. The first-order valence-corrected chi connectivity index (χ1v) is 18.3. The molecule has 0 aliphatic carbocycles. The highest BCUT2D eigenvalue weighted by atomic mass is 19.4. The van der Waals surface area contributed by atoms with E-state index in [0.717, 1.165) is 56.6 Å². The summed E-state index contributed by atoms with van der Waals surface area (Å²) in [5, 5.41) is 4.67. The fourth-order valence-electron chi connectivity index (χ4n) is 8.73. The van der Waals surface area contributed by atoms with Crippen LogP contribution in [0, 0.1) is 11.8 Å². The Balaban J connectivity index is 1.15. The average molecular weight is 735 g/mol. The van der Waals surface area contributed by atoms with E-state index in [1.807, 2.05) is 15.6 Å². The number of carbonyl (C=O) groups excluding carboxylic acids is 1. The van der Waals surface area contributed by atoms with Crippen LogP contribution in [0.5, 0.6) is 6.01 Å². The fraction of sp³-hybridized carbons (Fsp3) is 0.526. The molecule has 15 heteroatoms. The largest absolute Gasteiger partial charge is 0.461 e. The summed E-state index contributed by atoms with van der Waals surface area (Å²) in [6.07, 6.45) is -0.00309. The van der Waals surface area contributed by atoms with Crippen LogP contribution in [-0.4, -0.2) is 80.3 Å². The first-order valence-electron chi connectivity index (χ1n) is 18.3. The Morgan fingerprint density at radius 2 is 1.92 bits per heavy atom. The summed E-state index contributed by atoms with van der Waals surface area (Å²) < 4.78 is 72.0. The Bertz CT molecular complexity index is 2010. The third-order valence-electron chi connectivity index (χ3n) is 11.2. The third-order valence-corrected chi connectivity index (χ3v) is 11.2. The number of benzene rings is 1. The van der Waals surface area contributed by atoms with Gasteiger partial charge >= 0.3 is 12.2 Å². The SMILES string of the molecule is CC#Cc1cc(N)cc([C@@H]2Cc3nc(OC[C@@]45CCCN4C/C(=C\F)C5)nc(N4CCCn5nc(C(=O)N6CCCC6)cc5C4)c3CO2)c1C(F)(F)F. The van der Waals surface area contributed by atoms with Crippen molar-refractivity contribution in [2.24, 2.45) is 0 Å². The number of aryl methyl sites for hydroxylation is 1. The number of fused-ring (bicyclic) bond motifs is 3. The predicted molar refractivity (Wildman–Crippen MR) is 188 cm³/mol. The number of anilines is 2. The number of rotatable bonds is 6. The molecule has 280 valence electrons. The van der Waals surface area contributed by atoms with E-state index < -0.39 is 17.8 Å². The minimum absolute atomic E-state index is 0.0129. The smallest absolute Gasteiger partial charge is 0.417 e. The van der Waals surface area contributed by atoms with E-state index in [0.29, 0.717) is 68.1 Å². The molecular formula is C38H42F4N8O3. The van der Waals surface area contributed by atoms with Crippen molar-refractivity contribution in [1.29, 1.82) is 0 Å². The topological polar surface area (TPSA) is 115 Å². The second kappa shape index (κ2) is 13.9. The molecule has 5 aliphatic rings. The molecule has 1 aromatic carbocycles. The Morgan fingerprint density at radius 3 is 2.70 bits per heavy atom. The van der Waals surface area contributed by atoms with Crippen LogP contribution in [-0.2, 0) is 37.0 Å². The van der Waals surface area contributed by atoms with E-state index in [9.17, 15) is 22.4 Å². The fourth-order valence-corrected chi connectivity index (χ4v) is 8.73. The lowest BCUT2D eigenvalue weighted by Crippen LogP contribution is -2.43. The Labute approximate surface area is 305 Å². The molecule has 3 aromatic rings. The zero-order chi connectivity index (χ0) is 36.9. The maximum Gasteiger partial charge on any atom is 0.417 e. The van der Waals surface area contributed by atoms with Crippen LogP contribution in [0.15, 0.2) is 30.1 Å². The molecule has 3 saturated heterocycles. The summed E-state index contributed by atoms with van der Waals surface area (Å²) in [6, 6.07) is 4.48. The van der Waals surface area contributed by atoms with Crippen LogP contribution >= 0.6 is 0 Å². The molecule has 0 saturated carbocycles. The Kier molecular flexibility index (Phi) is 9.30. The van der Waals surface area contributed by atoms with E-state index in [4.69, 9.17) is 25.2 Å². The highest BCUT2D eigenvalue weighted by Crippen LogP contribution is 2.44. The standard InChI is InChI=1S/C38H42F4N8O3/c1-2-7-25-14-26(43)15-28(33(25)38(40,41)42)32-17-30-29(22-52-32)34(45-36(44-30)53-23-37-8-5-12-49(37)20-24(18-37)19-39)48-11-6-13-50-27(21-48)16-31(46-50)35(51)47-9-3-4-10-47/h14-16,19,32H,3-6,8-13,17-18,20-23,43H2,1H3/b24-19-/t32-,37-/m0/s1. The highest BCUT2D eigenvalue weighted by molar-refractivity contribution is 5.92. The van der Waals surface area contributed by atoms with Crippen molar-refractivity contribution in [3.63, 3.8) is 0 Å². The molecule has 0 unspecified atom stereocenters. The van der Waals surface area contributed by atoms with Crippen molar-refractivity contribution in [2.45, 2.75) is 89.4 Å². The van der Waals surface area contributed by atoms with Crippen LogP contribution in [0.3, 0.4) is 0 Å². The minimum atomic E-state index is -4.71. The summed E-state index contributed by atoms with van der Waals surface area (Å²) in [5.41, 5.74) is 7.85. The summed E-state index contributed by atoms with van der Waals surface area (Å²) in [6.45, 7) is 6.09. The molecular weight excluding hydrogens is 692 g/mol. The summed E-state index contributed by atoms with van der Waals surface area (Å²) in [5.74, 6) is 5.62. The number of amides is 1. The van der Waals surface area contributed by atoms with Crippen molar-refractivity contribution in [1.82, 2.24) is 29.5 Å². The van der Waals surface area contributed by atoms with Gasteiger partial charge in [0, 0.05) is 56.0 Å². The number of nitrogens with two attached hydrogens (primary N) is 1. The van der Waals surface area contributed by atoms with Gasteiger partial charge in [0.1, 0.15) is 12.4 Å². The molecule has 7 heterocycles. The summed E-state index contributed by atoms with van der Waals surface area (Å²) in [4.78, 5) is 29.1. The zero-order valence-corrected chi connectivity index (χ0v) is 29.6. The van der Waals surface area contributed by atoms with Gasteiger partial charge in [-0.1, -0.05) is 5.92 Å². The van der Waals surface area contributed by atoms with Gasteiger partial charge in [0.25, 0.3) is 5.91 Å². The third kappa shape index (κ3) is 6.71. The van der Waals surface area contributed by atoms with Gasteiger partial charge in [-0.2, -0.15) is 28.2 Å². The van der Waals surface area contributed by atoms with E-state index in [1.54, 1.807) is 0 Å². The molecule has 0 radical (unpaired) electrons. The molecule has 5 aliphatic heterocycles. The lowest BCUT2D eigenvalue weighted by Gasteiger charge is -2.33. The lowest BCUT2D eigenvalue weighted by atomic mass is 9.91. The first-order chi connectivity index (χ1) is 25.5. The van der Waals surface area contributed by atoms with Crippen molar-refractivity contribution in [3.05, 3.63) is 69.4 Å². The number of alkyl halides is 3. The van der Waals surface area contributed by atoms with Gasteiger partial charge in [0.05, 0.1) is 48.1 Å². The van der Waals surface area contributed by atoms with Gasteiger partial charge in [-0.3, -0.25) is 14.4 Å². The molecule has 0 bridgehead atoms. The van der Waals surface area contributed by atoms with E-state index in [2.05, 4.69) is 26.7 Å².